The molecule has 28 heavy (non-hydrogen) atoms. The molecule has 0 amide bonds. The summed E-state index contributed by atoms with van der Waals surface area (Å²) >= 11 is 0. The van der Waals surface area contributed by atoms with Crippen molar-refractivity contribution < 1.29 is 24.2 Å². The topological polar surface area (TPSA) is 94.5 Å². The van der Waals surface area contributed by atoms with Crippen molar-refractivity contribution in [2.24, 2.45) is 0 Å². The number of hydrogen-bond donors (Lipinski definition) is 1. The molecule has 0 aromatic heterocycles. The van der Waals surface area contributed by atoms with Crippen LogP contribution in [-0.4, -0.2) is 43.4 Å². The van der Waals surface area contributed by atoms with E-state index in [1.807, 2.05) is 13.1 Å². The molecule has 1 atom stereocenters. The van der Waals surface area contributed by atoms with Crippen LogP contribution in [0, 0.1) is 5.21 Å². The zero-order chi connectivity index (χ0) is 19.8. The zero-order valence-corrected chi connectivity index (χ0v) is 15.7. The Morgan fingerprint density at radius 3 is 2.96 bits per heavy atom. The summed E-state index contributed by atoms with van der Waals surface area (Å²) in [6.07, 6.45) is 1.02. The number of hydrogen-bond acceptors (Lipinski definition) is 8. The smallest absolute Gasteiger partial charge is 0.231 e. The minimum Gasteiger partial charge on any atom is -0.733 e. The molecule has 8 nitrogen and oxygen atoms in total. The lowest BCUT2D eigenvalue weighted by molar-refractivity contribution is 0.0925. The van der Waals surface area contributed by atoms with Crippen molar-refractivity contribution in [3.05, 3.63) is 52.2 Å². The Kier molecular flexibility index (Phi) is 4.84. The van der Waals surface area contributed by atoms with Crippen LogP contribution >= 0.6 is 0 Å². The van der Waals surface area contributed by atoms with E-state index in [0.29, 0.717) is 22.8 Å². The summed E-state index contributed by atoms with van der Waals surface area (Å²) < 4.78 is 16.7. The summed E-state index contributed by atoms with van der Waals surface area (Å²) in [7, 11) is 3.55. The van der Waals surface area contributed by atoms with Gasteiger partial charge in [0, 0.05) is 30.1 Å². The molecule has 0 unspecified atom stereocenters. The van der Waals surface area contributed by atoms with E-state index in [4.69, 9.17) is 19.4 Å². The Labute approximate surface area is 162 Å². The number of Topliss-reactive ketones (excluding diaryl/α,β-unsaturated/α-hetero) is 1. The number of carbonyl (C=O) groups excluding carboxylic acids is 1. The van der Waals surface area contributed by atoms with Crippen molar-refractivity contribution in [1.82, 2.24) is 4.90 Å². The predicted molar refractivity (Wildman–Crippen MR) is 101 cm³/mol. The van der Waals surface area contributed by atoms with Gasteiger partial charge in [-0.1, -0.05) is 12.1 Å². The molecule has 0 saturated heterocycles. The molecular weight excluding hydrogens is 364 g/mol. The monoisotopic (exact) mass is 385 g/mol. The molecule has 0 fully saturated rings. The Morgan fingerprint density at radius 1 is 1.39 bits per heavy atom. The molecule has 148 valence electrons. The maximum atomic E-state index is 13.0. The number of fused-ring (bicyclic) bond motifs is 2. The van der Waals surface area contributed by atoms with Crippen LogP contribution in [0.1, 0.15) is 33.9 Å². The molecule has 2 heterocycles. The average molecular weight is 385 g/mol. The fourth-order valence-electron chi connectivity index (χ4n) is 3.87. The third-order valence-electron chi connectivity index (χ3n) is 5.31. The summed E-state index contributed by atoms with van der Waals surface area (Å²) in [5.74, 6) is 1.70. The highest BCUT2D eigenvalue weighted by molar-refractivity contribution is 5.97. The number of benzene rings is 2. The van der Waals surface area contributed by atoms with Crippen molar-refractivity contribution in [2.45, 2.75) is 18.9 Å². The number of nitrogens with zero attached hydrogens (tertiary/aromatic N) is 2. The van der Waals surface area contributed by atoms with Crippen LogP contribution in [0.5, 0.6) is 17.2 Å². The Hall–Kier alpha value is -2.81. The first-order chi connectivity index (χ1) is 13.5. The van der Waals surface area contributed by atoms with E-state index in [1.54, 1.807) is 19.2 Å². The third kappa shape index (κ3) is 3.15. The maximum absolute atomic E-state index is 13.0. The van der Waals surface area contributed by atoms with Crippen LogP contribution in [-0.2, 0) is 6.42 Å². The van der Waals surface area contributed by atoms with E-state index in [9.17, 15) is 10.0 Å². The number of ketones is 1. The van der Waals surface area contributed by atoms with E-state index < -0.39 is 0 Å². The molecule has 0 bridgehead atoms. The molecule has 0 saturated carbocycles. The Morgan fingerprint density at radius 2 is 2.21 bits per heavy atom. The molecule has 2 aromatic rings. The van der Waals surface area contributed by atoms with Gasteiger partial charge in [0.05, 0.1) is 12.8 Å². The predicted octanol–water partition coefficient (Wildman–Crippen LogP) is 2.92. The van der Waals surface area contributed by atoms with Gasteiger partial charge in [0.15, 0.2) is 17.3 Å². The number of rotatable bonds is 5. The molecule has 1 N–H and O–H groups in total. The molecule has 2 aliphatic heterocycles. The van der Waals surface area contributed by atoms with Crippen LogP contribution in [0.15, 0.2) is 30.3 Å². The minimum absolute atomic E-state index is 0.0178. The third-order valence-corrected chi connectivity index (χ3v) is 5.31. The second-order valence-electron chi connectivity index (χ2n) is 6.91. The van der Waals surface area contributed by atoms with Crippen LogP contribution in [0.2, 0.25) is 0 Å². The van der Waals surface area contributed by atoms with E-state index in [0.717, 1.165) is 24.1 Å². The molecule has 0 radical (unpaired) electrons. The second-order valence-corrected chi connectivity index (χ2v) is 6.91. The van der Waals surface area contributed by atoms with Gasteiger partial charge in [0.25, 0.3) is 0 Å². The van der Waals surface area contributed by atoms with Crippen LogP contribution < -0.4 is 19.4 Å². The number of ether oxygens (including phenoxy) is 3. The first-order valence-electron chi connectivity index (χ1n) is 8.98. The van der Waals surface area contributed by atoms with E-state index in [2.05, 4.69) is 4.90 Å². The average Bonchev–Trinajstić information content (AvgIpc) is 3.16. The number of anilines is 1. The quantitative estimate of drug-likeness (QED) is 0.620. The van der Waals surface area contributed by atoms with E-state index >= 15 is 0 Å². The number of methoxy groups -OCH3 is 1. The molecule has 0 spiro atoms. The van der Waals surface area contributed by atoms with Gasteiger partial charge in [0.2, 0.25) is 12.5 Å². The SMILES string of the molecule is COc1c2c(cc3c1[C@@H](CC(=O)c1cccc(N([O-])O)c1)N(C)CC3)OCO2. The van der Waals surface area contributed by atoms with Gasteiger partial charge in [-0.05, 0) is 37.2 Å². The highest BCUT2D eigenvalue weighted by atomic mass is 16.8. The summed E-state index contributed by atoms with van der Waals surface area (Å²) in [6, 6.07) is 7.79. The van der Waals surface area contributed by atoms with Gasteiger partial charge in [-0.3, -0.25) is 14.9 Å². The molecular formula is C20H21N2O6-. The highest BCUT2D eigenvalue weighted by Gasteiger charge is 2.35. The van der Waals surface area contributed by atoms with Gasteiger partial charge < -0.3 is 24.6 Å². The summed E-state index contributed by atoms with van der Waals surface area (Å²) in [5.41, 5.74) is 2.39. The fourth-order valence-corrected chi connectivity index (χ4v) is 3.87. The summed E-state index contributed by atoms with van der Waals surface area (Å²) in [6.45, 7) is 0.937. The van der Waals surface area contributed by atoms with E-state index in [1.165, 1.54) is 12.1 Å². The largest absolute Gasteiger partial charge is 0.733 e. The maximum Gasteiger partial charge on any atom is 0.231 e. The van der Waals surface area contributed by atoms with Crippen molar-refractivity contribution in [1.29, 1.82) is 0 Å². The van der Waals surface area contributed by atoms with Gasteiger partial charge in [-0.2, -0.15) is 0 Å². The number of carbonyl (C=O) groups is 1. The molecule has 2 aliphatic rings. The second kappa shape index (κ2) is 7.31. The lowest BCUT2D eigenvalue weighted by Crippen LogP contribution is -2.34. The lowest BCUT2D eigenvalue weighted by Gasteiger charge is -2.35. The number of likely N-dealkylation sites (N-methyl/N-ethyl adjacent to an activating group) is 1. The van der Waals surface area contributed by atoms with Crippen molar-refractivity contribution in [3.63, 3.8) is 0 Å². The minimum atomic E-state index is -0.248. The van der Waals surface area contributed by atoms with Crippen LogP contribution in [0.4, 0.5) is 5.69 Å². The Balaban J connectivity index is 1.70. The molecule has 2 aromatic carbocycles. The van der Waals surface area contributed by atoms with Crippen molar-refractivity contribution in [3.8, 4) is 17.2 Å². The summed E-state index contributed by atoms with van der Waals surface area (Å²) in [5, 5.41) is 20.0. The first-order valence-corrected chi connectivity index (χ1v) is 8.98. The van der Waals surface area contributed by atoms with Gasteiger partial charge in [-0.15, -0.1) is 0 Å². The molecule has 4 rings (SSSR count). The van der Waals surface area contributed by atoms with Gasteiger partial charge in [-0.25, -0.2) is 0 Å². The zero-order valence-electron chi connectivity index (χ0n) is 15.7. The van der Waals surface area contributed by atoms with Crippen molar-refractivity contribution >= 4 is 11.5 Å². The molecule has 8 heteroatoms. The first kappa shape index (κ1) is 18.5. The fraction of sp³-hybridized carbons (Fsp3) is 0.350. The highest BCUT2D eigenvalue weighted by Crippen LogP contribution is 2.50. The molecule has 0 aliphatic carbocycles. The standard InChI is InChI=1S/C20H21N2O6/c1-21-7-6-13-9-17-19(28-11-27-17)20(26-2)18(13)15(21)10-16(23)12-4-3-5-14(8-12)22(24)25/h3-5,8-9,15,24H,6-7,10-11H2,1-2H3/q-1/t15-/m1/s1. The van der Waals surface area contributed by atoms with Crippen molar-refractivity contribution in [2.75, 3.05) is 32.7 Å². The van der Waals surface area contributed by atoms with E-state index in [-0.39, 0.29) is 36.0 Å². The normalized spacial score (nSPS) is 17.9. The van der Waals surface area contributed by atoms with Crippen LogP contribution in [0.25, 0.3) is 0 Å². The summed E-state index contributed by atoms with van der Waals surface area (Å²) in [4.78, 5) is 15.1. The van der Waals surface area contributed by atoms with Crippen LogP contribution in [0.3, 0.4) is 0 Å². The lowest BCUT2D eigenvalue weighted by atomic mass is 9.87. The Bertz CT molecular complexity index is 914. The van der Waals surface area contributed by atoms with Gasteiger partial charge in [0.1, 0.15) is 0 Å². The van der Waals surface area contributed by atoms with Gasteiger partial charge >= 0.3 is 0 Å².